The monoisotopic (exact) mass is 230 g/mol. The Bertz CT molecular complexity index is 184. The largest absolute Gasteiger partial charge is 0.327 e. The lowest BCUT2D eigenvalue weighted by atomic mass is 10.0. The van der Waals surface area contributed by atoms with Gasteiger partial charge in [0.2, 0.25) is 0 Å². The Morgan fingerprint density at radius 2 is 2.13 bits per heavy atom. The number of nitrogens with zero attached hydrogens (tertiary/aromatic N) is 1. The predicted octanol–water partition coefficient (Wildman–Crippen LogP) is 2.19. The molecule has 1 rings (SSSR count). The first-order chi connectivity index (χ1) is 7.00. The summed E-state index contributed by atoms with van der Waals surface area (Å²) in [6, 6.07) is 1.14. The fourth-order valence-electron chi connectivity index (χ4n) is 1.97. The van der Waals surface area contributed by atoms with Crippen molar-refractivity contribution in [1.82, 2.24) is 4.90 Å². The summed E-state index contributed by atoms with van der Waals surface area (Å²) in [4.78, 5) is 2.50. The van der Waals surface area contributed by atoms with Crippen LogP contribution < -0.4 is 5.73 Å². The second-order valence-corrected chi connectivity index (χ2v) is 6.68. The molecule has 0 radical (unpaired) electrons. The van der Waals surface area contributed by atoms with Crippen LogP contribution in [0.15, 0.2) is 0 Å². The summed E-state index contributed by atoms with van der Waals surface area (Å²) < 4.78 is 0. The fraction of sp³-hybridized carbons (Fsp3) is 1.00. The number of nitrogens with two attached hydrogens (primary N) is 1. The molecule has 2 nitrogen and oxygen atoms in total. The van der Waals surface area contributed by atoms with Gasteiger partial charge in [0, 0.05) is 23.1 Å². The van der Waals surface area contributed by atoms with Crippen LogP contribution in [0.3, 0.4) is 0 Å². The van der Waals surface area contributed by atoms with Gasteiger partial charge in [0.25, 0.3) is 0 Å². The summed E-state index contributed by atoms with van der Waals surface area (Å²) in [5.41, 5.74) is 6.06. The van der Waals surface area contributed by atoms with Crippen molar-refractivity contribution in [1.29, 1.82) is 0 Å². The van der Waals surface area contributed by atoms with Crippen molar-refractivity contribution in [3.8, 4) is 0 Å². The molecular weight excluding hydrogens is 204 g/mol. The molecule has 1 heterocycles. The van der Waals surface area contributed by atoms with Crippen LogP contribution in [0.5, 0.6) is 0 Å². The van der Waals surface area contributed by atoms with E-state index in [-0.39, 0.29) is 0 Å². The Morgan fingerprint density at radius 3 is 2.60 bits per heavy atom. The third-order valence-electron chi connectivity index (χ3n) is 3.47. The van der Waals surface area contributed by atoms with Crippen LogP contribution in [0.1, 0.15) is 33.6 Å². The summed E-state index contributed by atoms with van der Waals surface area (Å²) >= 11 is 2.10. The number of thioether (sulfide) groups is 1. The molecule has 0 bridgehead atoms. The summed E-state index contributed by atoms with van der Waals surface area (Å²) in [6.07, 6.45) is 2.47. The van der Waals surface area contributed by atoms with Gasteiger partial charge < -0.3 is 10.6 Å². The summed E-state index contributed by atoms with van der Waals surface area (Å²) in [5, 5.41) is 0.844. The lowest BCUT2D eigenvalue weighted by molar-refractivity contribution is 0.240. The van der Waals surface area contributed by atoms with E-state index in [1.165, 1.54) is 12.2 Å². The van der Waals surface area contributed by atoms with Gasteiger partial charge in [0.05, 0.1) is 0 Å². The van der Waals surface area contributed by atoms with Gasteiger partial charge in [-0.25, -0.2) is 0 Å². The maximum atomic E-state index is 6.06. The Labute approximate surface area is 99.0 Å². The van der Waals surface area contributed by atoms with Crippen LogP contribution in [0, 0.1) is 5.92 Å². The summed E-state index contributed by atoms with van der Waals surface area (Å²) in [6.45, 7) is 7.89. The van der Waals surface area contributed by atoms with Crippen LogP contribution in [0.2, 0.25) is 0 Å². The van der Waals surface area contributed by atoms with Crippen molar-refractivity contribution in [2.75, 3.05) is 19.3 Å². The highest BCUT2D eigenvalue weighted by atomic mass is 32.2. The van der Waals surface area contributed by atoms with E-state index in [1.807, 2.05) is 0 Å². The van der Waals surface area contributed by atoms with Crippen LogP contribution in [0.4, 0.5) is 0 Å². The Morgan fingerprint density at radius 1 is 1.47 bits per heavy atom. The quantitative estimate of drug-likeness (QED) is 0.785. The molecule has 1 aliphatic heterocycles. The highest BCUT2D eigenvalue weighted by Crippen LogP contribution is 2.28. The van der Waals surface area contributed by atoms with Crippen LogP contribution in [-0.2, 0) is 0 Å². The van der Waals surface area contributed by atoms with E-state index >= 15 is 0 Å². The van der Waals surface area contributed by atoms with E-state index in [1.54, 1.807) is 0 Å². The molecule has 0 aromatic carbocycles. The molecule has 0 aliphatic carbocycles. The zero-order valence-corrected chi connectivity index (χ0v) is 11.4. The van der Waals surface area contributed by atoms with Gasteiger partial charge in [-0.05, 0) is 32.4 Å². The lowest BCUT2D eigenvalue weighted by Crippen LogP contribution is -2.37. The van der Waals surface area contributed by atoms with Crippen molar-refractivity contribution in [3.05, 3.63) is 0 Å². The second-order valence-electron chi connectivity index (χ2n) is 5.21. The molecule has 1 aliphatic rings. The molecule has 2 N–H and O–H groups in total. The number of hydrogen-bond donors (Lipinski definition) is 1. The second kappa shape index (κ2) is 6.12. The SMILES string of the molecule is CC1CC(N(C)CCC(N)C(C)C)CS1. The lowest BCUT2D eigenvalue weighted by Gasteiger charge is -2.26. The number of rotatable bonds is 5. The number of hydrogen-bond acceptors (Lipinski definition) is 3. The molecule has 0 saturated carbocycles. The van der Waals surface area contributed by atoms with Crippen LogP contribution in [0.25, 0.3) is 0 Å². The first-order valence-electron chi connectivity index (χ1n) is 6.08. The van der Waals surface area contributed by atoms with E-state index in [0.29, 0.717) is 12.0 Å². The standard InChI is InChI=1S/C12H26N2S/c1-9(2)12(13)5-6-14(4)11-7-10(3)15-8-11/h9-12H,5-8,13H2,1-4H3. The Balaban J connectivity index is 2.21. The topological polar surface area (TPSA) is 29.3 Å². The minimum atomic E-state index is 0.360. The fourth-order valence-corrected chi connectivity index (χ4v) is 3.27. The maximum Gasteiger partial charge on any atom is 0.0193 e. The van der Waals surface area contributed by atoms with Crippen LogP contribution >= 0.6 is 11.8 Å². The van der Waals surface area contributed by atoms with E-state index < -0.39 is 0 Å². The highest BCUT2D eigenvalue weighted by molar-refractivity contribution is 8.00. The van der Waals surface area contributed by atoms with Crippen molar-refractivity contribution in [2.24, 2.45) is 11.7 Å². The molecule has 3 heteroatoms. The molecule has 3 unspecified atom stereocenters. The summed E-state index contributed by atoms with van der Waals surface area (Å²) in [5.74, 6) is 1.91. The third kappa shape index (κ3) is 4.33. The predicted molar refractivity (Wildman–Crippen MR) is 70.4 cm³/mol. The summed E-state index contributed by atoms with van der Waals surface area (Å²) in [7, 11) is 2.25. The molecule has 1 saturated heterocycles. The van der Waals surface area contributed by atoms with E-state index in [0.717, 1.165) is 24.3 Å². The zero-order valence-electron chi connectivity index (χ0n) is 10.6. The van der Waals surface area contributed by atoms with Crippen molar-refractivity contribution >= 4 is 11.8 Å². The molecule has 0 amide bonds. The molecule has 3 atom stereocenters. The van der Waals surface area contributed by atoms with Gasteiger partial charge >= 0.3 is 0 Å². The molecule has 0 spiro atoms. The van der Waals surface area contributed by atoms with Gasteiger partial charge in [-0.2, -0.15) is 11.8 Å². The molecule has 1 fully saturated rings. The van der Waals surface area contributed by atoms with Gasteiger partial charge in [0.15, 0.2) is 0 Å². The van der Waals surface area contributed by atoms with Gasteiger partial charge in [-0.3, -0.25) is 0 Å². The van der Waals surface area contributed by atoms with Crippen molar-refractivity contribution in [2.45, 2.75) is 50.9 Å². The van der Waals surface area contributed by atoms with E-state index in [2.05, 4.69) is 44.5 Å². The Hall–Kier alpha value is 0.270. The molecule has 0 aromatic heterocycles. The van der Waals surface area contributed by atoms with Gasteiger partial charge in [-0.15, -0.1) is 0 Å². The molecule has 90 valence electrons. The average molecular weight is 230 g/mol. The normalized spacial score (nSPS) is 29.0. The van der Waals surface area contributed by atoms with E-state index in [4.69, 9.17) is 5.73 Å². The highest BCUT2D eigenvalue weighted by Gasteiger charge is 2.25. The van der Waals surface area contributed by atoms with E-state index in [9.17, 15) is 0 Å². The van der Waals surface area contributed by atoms with Crippen molar-refractivity contribution < 1.29 is 0 Å². The van der Waals surface area contributed by atoms with Crippen LogP contribution in [-0.4, -0.2) is 41.6 Å². The smallest absolute Gasteiger partial charge is 0.0193 e. The third-order valence-corrected chi connectivity index (χ3v) is 4.81. The average Bonchev–Trinajstić information content (AvgIpc) is 2.60. The maximum absolute atomic E-state index is 6.06. The minimum Gasteiger partial charge on any atom is -0.327 e. The minimum absolute atomic E-state index is 0.360. The zero-order chi connectivity index (χ0) is 11.4. The first-order valence-corrected chi connectivity index (χ1v) is 7.13. The van der Waals surface area contributed by atoms with Gasteiger partial charge in [0.1, 0.15) is 0 Å². The molecule has 0 aromatic rings. The molecule has 15 heavy (non-hydrogen) atoms. The first kappa shape index (κ1) is 13.3. The van der Waals surface area contributed by atoms with Crippen molar-refractivity contribution in [3.63, 3.8) is 0 Å². The Kier molecular flexibility index (Phi) is 5.44. The van der Waals surface area contributed by atoms with Gasteiger partial charge in [-0.1, -0.05) is 20.8 Å². The molecular formula is C12H26N2S.